The number of rotatable bonds is 2. The van der Waals surface area contributed by atoms with Gasteiger partial charge in [-0.25, -0.2) is 4.98 Å². The van der Waals surface area contributed by atoms with Crippen LogP contribution in [0, 0.1) is 0 Å². The number of likely N-dealkylation sites (tertiary alicyclic amines) is 1. The van der Waals surface area contributed by atoms with Crippen molar-refractivity contribution in [1.82, 2.24) is 9.88 Å². The highest BCUT2D eigenvalue weighted by Gasteiger charge is 2.33. The van der Waals surface area contributed by atoms with Crippen LogP contribution in [0.5, 0.6) is 0 Å². The standard InChI is InChI=1S/C12H14ClF3N2.C2H6/c13-11-7-9(6-10(17-11)12(14,15)16)8-18-4-2-1-3-5-18;1-2/h6-7H,1-5,8H2;1-2H3. The number of nitrogens with zero attached hydrogens (tertiary/aromatic N) is 2. The lowest BCUT2D eigenvalue weighted by Crippen LogP contribution is -2.29. The quantitative estimate of drug-likeness (QED) is 0.732. The normalized spacial score (nSPS) is 16.5. The number of hydrogen-bond acceptors (Lipinski definition) is 2. The molecule has 0 radical (unpaired) electrons. The van der Waals surface area contributed by atoms with Crippen LogP contribution in [-0.2, 0) is 12.7 Å². The molecule has 0 aromatic carbocycles. The maximum absolute atomic E-state index is 12.6. The summed E-state index contributed by atoms with van der Waals surface area (Å²) in [6.45, 7) is 6.37. The third kappa shape index (κ3) is 5.29. The Morgan fingerprint density at radius 3 is 2.30 bits per heavy atom. The van der Waals surface area contributed by atoms with Crippen molar-refractivity contribution in [3.05, 3.63) is 28.5 Å². The second-order valence-corrected chi connectivity index (χ2v) is 4.91. The SMILES string of the molecule is CC.FC(F)(F)c1cc(CN2CCCCC2)cc(Cl)n1. The zero-order valence-corrected chi connectivity index (χ0v) is 12.6. The van der Waals surface area contributed by atoms with Gasteiger partial charge in [0, 0.05) is 6.54 Å². The Hall–Kier alpha value is -0.810. The summed E-state index contributed by atoms with van der Waals surface area (Å²) in [7, 11) is 0. The predicted molar refractivity (Wildman–Crippen MR) is 74.7 cm³/mol. The average Bonchev–Trinajstić information content (AvgIpc) is 2.40. The molecule has 0 bridgehead atoms. The average molecular weight is 309 g/mol. The van der Waals surface area contributed by atoms with Crippen LogP contribution in [0.2, 0.25) is 5.15 Å². The molecular weight excluding hydrogens is 289 g/mol. The second kappa shape index (κ2) is 7.84. The van der Waals surface area contributed by atoms with Gasteiger partial charge in [0.05, 0.1) is 0 Å². The van der Waals surface area contributed by atoms with Gasteiger partial charge in [-0.2, -0.15) is 13.2 Å². The molecule has 114 valence electrons. The Balaban J connectivity index is 0.000000956. The minimum absolute atomic E-state index is 0.100. The molecule has 1 aromatic rings. The van der Waals surface area contributed by atoms with Gasteiger partial charge in [-0.05, 0) is 43.6 Å². The number of hydrogen-bond donors (Lipinski definition) is 0. The van der Waals surface area contributed by atoms with Crippen LogP contribution in [0.4, 0.5) is 13.2 Å². The maximum atomic E-state index is 12.6. The number of pyridine rings is 1. The van der Waals surface area contributed by atoms with Gasteiger partial charge < -0.3 is 0 Å². The van der Waals surface area contributed by atoms with Gasteiger partial charge in [-0.15, -0.1) is 0 Å². The van der Waals surface area contributed by atoms with Crippen molar-refractivity contribution >= 4 is 11.6 Å². The lowest BCUT2D eigenvalue weighted by molar-refractivity contribution is -0.141. The molecule has 1 aliphatic heterocycles. The zero-order valence-electron chi connectivity index (χ0n) is 11.8. The number of aromatic nitrogens is 1. The fourth-order valence-corrected chi connectivity index (χ4v) is 2.39. The lowest BCUT2D eigenvalue weighted by atomic mass is 10.1. The van der Waals surface area contributed by atoms with Crippen molar-refractivity contribution < 1.29 is 13.2 Å². The molecule has 2 nitrogen and oxygen atoms in total. The molecule has 6 heteroatoms. The molecule has 0 atom stereocenters. The molecule has 1 aromatic heterocycles. The van der Waals surface area contributed by atoms with E-state index in [2.05, 4.69) is 9.88 Å². The summed E-state index contributed by atoms with van der Waals surface area (Å²) in [5, 5.41) is -0.100. The molecule has 1 saturated heterocycles. The van der Waals surface area contributed by atoms with Crippen molar-refractivity contribution in [2.24, 2.45) is 0 Å². The van der Waals surface area contributed by atoms with Crippen molar-refractivity contribution in [3.63, 3.8) is 0 Å². The third-order valence-corrected chi connectivity index (χ3v) is 3.19. The number of halogens is 4. The molecule has 2 rings (SSSR count). The number of piperidine rings is 1. The molecule has 1 fully saturated rings. The minimum atomic E-state index is -4.44. The van der Waals surface area contributed by atoms with Crippen molar-refractivity contribution in [3.8, 4) is 0 Å². The molecule has 1 aliphatic rings. The zero-order chi connectivity index (χ0) is 15.2. The lowest BCUT2D eigenvalue weighted by Gasteiger charge is -2.26. The predicted octanol–water partition coefficient (Wildman–Crippen LogP) is 4.77. The summed E-state index contributed by atoms with van der Waals surface area (Å²) < 4.78 is 37.8. The van der Waals surface area contributed by atoms with E-state index in [1.807, 2.05) is 13.8 Å². The Labute approximate surface area is 122 Å². The van der Waals surface area contributed by atoms with E-state index in [1.165, 1.54) is 12.5 Å². The molecule has 0 spiro atoms. The van der Waals surface area contributed by atoms with Crippen LogP contribution < -0.4 is 0 Å². The van der Waals surface area contributed by atoms with Crippen LogP contribution in [-0.4, -0.2) is 23.0 Å². The molecule has 0 N–H and O–H groups in total. The van der Waals surface area contributed by atoms with Gasteiger partial charge in [0.25, 0.3) is 0 Å². The Morgan fingerprint density at radius 2 is 1.75 bits per heavy atom. The van der Waals surface area contributed by atoms with E-state index >= 15 is 0 Å². The highest BCUT2D eigenvalue weighted by Crippen LogP contribution is 2.29. The first-order valence-corrected chi connectivity index (χ1v) is 7.29. The minimum Gasteiger partial charge on any atom is -0.299 e. The molecular formula is C14H20ClF3N2. The summed E-state index contributed by atoms with van der Waals surface area (Å²) >= 11 is 5.64. The second-order valence-electron chi connectivity index (χ2n) is 4.52. The van der Waals surface area contributed by atoms with Crippen molar-refractivity contribution in [1.29, 1.82) is 0 Å². The van der Waals surface area contributed by atoms with E-state index < -0.39 is 11.9 Å². The highest BCUT2D eigenvalue weighted by atomic mass is 35.5. The fourth-order valence-electron chi connectivity index (χ4n) is 2.16. The summed E-state index contributed by atoms with van der Waals surface area (Å²) in [6, 6.07) is 2.59. The summed E-state index contributed by atoms with van der Waals surface area (Å²) in [4.78, 5) is 5.47. The van der Waals surface area contributed by atoms with Gasteiger partial charge >= 0.3 is 6.18 Å². The topological polar surface area (TPSA) is 16.1 Å². The smallest absolute Gasteiger partial charge is 0.299 e. The van der Waals surface area contributed by atoms with Gasteiger partial charge in [-0.1, -0.05) is 31.9 Å². The van der Waals surface area contributed by atoms with Crippen molar-refractivity contribution in [2.45, 2.75) is 45.8 Å². The first-order valence-electron chi connectivity index (χ1n) is 6.91. The molecule has 0 amide bonds. The number of alkyl halides is 3. The van der Waals surface area contributed by atoms with Gasteiger partial charge in [0.2, 0.25) is 0 Å². The van der Waals surface area contributed by atoms with Gasteiger partial charge in [0.15, 0.2) is 0 Å². The van der Waals surface area contributed by atoms with E-state index in [4.69, 9.17) is 11.6 Å². The third-order valence-electron chi connectivity index (χ3n) is 3.00. The summed E-state index contributed by atoms with van der Waals surface area (Å²) in [6.07, 6.45) is -1.04. The Morgan fingerprint density at radius 1 is 1.15 bits per heavy atom. The largest absolute Gasteiger partial charge is 0.433 e. The van der Waals surface area contributed by atoms with Gasteiger partial charge in [-0.3, -0.25) is 4.90 Å². The maximum Gasteiger partial charge on any atom is 0.433 e. The molecule has 20 heavy (non-hydrogen) atoms. The highest BCUT2D eigenvalue weighted by molar-refractivity contribution is 6.29. The van der Waals surface area contributed by atoms with E-state index in [-0.39, 0.29) is 5.15 Å². The van der Waals surface area contributed by atoms with Crippen LogP contribution in [0.3, 0.4) is 0 Å². The monoisotopic (exact) mass is 308 g/mol. The Kier molecular flexibility index (Phi) is 6.76. The van der Waals surface area contributed by atoms with E-state index in [0.717, 1.165) is 32.0 Å². The van der Waals surface area contributed by atoms with Crippen molar-refractivity contribution in [2.75, 3.05) is 13.1 Å². The molecule has 0 saturated carbocycles. The molecule has 2 heterocycles. The Bertz CT molecular complexity index is 415. The van der Waals surface area contributed by atoms with E-state index in [1.54, 1.807) is 0 Å². The van der Waals surface area contributed by atoms with E-state index in [9.17, 15) is 13.2 Å². The fraction of sp³-hybridized carbons (Fsp3) is 0.643. The first kappa shape index (κ1) is 17.2. The van der Waals surface area contributed by atoms with Crippen LogP contribution in [0.25, 0.3) is 0 Å². The summed E-state index contributed by atoms with van der Waals surface area (Å²) in [5.41, 5.74) is -0.341. The van der Waals surface area contributed by atoms with Crippen LogP contribution in [0.1, 0.15) is 44.4 Å². The summed E-state index contributed by atoms with van der Waals surface area (Å²) in [5.74, 6) is 0. The van der Waals surface area contributed by atoms with Gasteiger partial charge in [0.1, 0.15) is 10.8 Å². The van der Waals surface area contributed by atoms with Crippen LogP contribution >= 0.6 is 11.6 Å². The van der Waals surface area contributed by atoms with E-state index in [0.29, 0.717) is 12.1 Å². The molecule has 0 aliphatic carbocycles. The molecule has 0 unspecified atom stereocenters. The first-order chi connectivity index (χ1) is 9.45. The van der Waals surface area contributed by atoms with Crippen LogP contribution in [0.15, 0.2) is 12.1 Å².